The van der Waals surface area contributed by atoms with Crippen molar-refractivity contribution in [1.29, 1.82) is 0 Å². The van der Waals surface area contributed by atoms with Crippen LogP contribution in [0.4, 0.5) is 5.69 Å². The highest BCUT2D eigenvalue weighted by Gasteiger charge is 2.61. The molecule has 4 aliphatic rings. The number of carbonyl (C=O) groups is 2. The van der Waals surface area contributed by atoms with Crippen LogP contribution in [0.2, 0.25) is 10.0 Å². The number of carbonyl (C=O) groups excluding carboxylic acids is 2. The van der Waals surface area contributed by atoms with Crippen molar-refractivity contribution in [2.75, 3.05) is 4.90 Å². The lowest BCUT2D eigenvalue weighted by molar-refractivity contribution is -0.122. The van der Waals surface area contributed by atoms with Crippen molar-refractivity contribution in [2.45, 2.75) is 11.8 Å². The lowest BCUT2D eigenvalue weighted by atomic mass is 9.55. The molecule has 1 heterocycles. The third-order valence-electron chi connectivity index (χ3n) is 6.60. The summed E-state index contributed by atoms with van der Waals surface area (Å²) in [4.78, 5) is 28.5. The van der Waals surface area contributed by atoms with Crippen molar-refractivity contribution in [3.05, 3.63) is 99.0 Å². The lowest BCUT2D eigenvalue weighted by Crippen LogP contribution is -2.41. The summed E-state index contributed by atoms with van der Waals surface area (Å²) in [6.45, 7) is 0. The second-order valence-electron chi connectivity index (χ2n) is 7.87. The van der Waals surface area contributed by atoms with E-state index in [2.05, 4.69) is 24.3 Å². The van der Waals surface area contributed by atoms with E-state index in [9.17, 15) is 9.59 Å². The fourth-order valence-corrected chi connectivity index (χ4v) is 5.94. The normalized spacial score (nSPS) is 26.3. The predicted octanol–water partition coefficient (Wildman–Crippen LogP) is 5.39. The Morgan fingerprint density at radius 3 is 1.55 bits per heavy atom. The molecule has 2 bridgehead atoms. The summed E-state index contributed by atoms with van der Waals surface area (Å²) in [5.74, 6) is -1.49. The van der Waals surface area contributed by atoms with Gasteiger partial charge in [0.25, 0.3) is 0 Å². The van der Waals surface area contributed by atoms with E-state index in [1.54, 1.807) is 18.2 Å². The third kappa shape index (κ3) is 2.15. The van der Waals surface area contributed by atoms with Crippen LogP contribution in [-0.4, -0.2) is 11.8 Å². The van der Waals surface area contributed by atoms with Crippen LogP contribution in [0.25, 0.3) is 0 Å². The fraction of sp³-hybridized carbons (Fsp3) is 0.167. The maximum Gasteiger partial charge on any atom is 0.238 e. The average molecular weight is 420 g/mol. The minimum absolute atomic E-state index is 0.128. The molecular weight excluding hydrogens is 405 g/mol. The molecule has 3 aromatic carbocycles. The van der Waals surface area contributed by atoms with Crippen molar-refractivity contribution in [1.82, 2.24) is 0 Å². The second-order valence-corrected chi connectivity index (χ2v) is 8.72. The predicted molar refractivity (Wildman–Crippen MR) is 113 cm³/mol. The van der Waals surface area contributed by atoms with E-state index in [1.807, 2.05) is 24.3 Å². The first kappa shape index (κ1) is 17.3. The van der Waals surface area contributed by atoms with Crippen LogP contribution in [0.5, 0.6) is 0 Å². The van der Waals surface area contributed by atoms with Gasteiger partial charge in [0.1, 0.15) is 0 Å². The van der Waals surface area contributed by atoms with Crippen molar-refractivity contribution >= 4 is 40.7 Å². The molecule has 142 valence electrons. The Bertz CT molecular complexity index is 1110. The molecule has 0 saturated carbocycles. The molecule has 0 aromatic heterocycles. The number of benzene rings is 3. The van der Waals surface area contributed by atoms with Gasteiger partial charge in [0.2, 0.25) is 11.8 Å². The highest BCUT2D eigenvalue weighted by Crippen LogP contribution is 2.61. The van der Waals surface area contributed by atoms with E-state index < -0.39 is 11.8 Å². The van der Waals surface area contributed by atoms with E-state index in [4.69, 9.17) is 23.2 Å². The molecule has 0 unspecified atom stereocenters. The van der Waals surface area contributed by atoms with Gasteiger partial charge in [0, 0.05) is 16.9 Å². The number of nitrogens with zero attached hydrogens (tertiary/aromatic N) is 1. The Morgan fingerprint density at radius 1 is 0.655 bits per heavy atom. The van der Waals surface area contributed by atoms with Crippen molar-refractivity contribution in [3.8, 4) is 0 Å². The van der Waals surface area contributed by atoms with Gasteiger partial charge in [-0.25, -0.2) is 4.90 Å². The molecule has 1 saturated heterocycles. The van der Waals surface area contributed by atoms with Crippen LogP contribution in [0.1, 0.15) is 34.1 Å². The molecule has 1 fully saturated rings. The number of halogens is 2. The molecule has 0 radical (unpaired) electrons. The minimum atomic E-state index is -0.424. The zero-order chi connectivity index (χ0) is 19.9. The molecule has 1 aliphatic heterocycles. The highest BCUT2D eigenvalue weighted by molar-refractivity contribution is 6.38. The summed E-state index contributed by atoms with van der Waals surface area (Å²) in [7, 11) is 0. The summed E-state index contributed by atoms with van der Waals surface area (Å²) in [6, 6.07) is 21.2. The number of imide groups is 1. The average Bonchev–Trinajstić information content (AvgIpc) is 3.01. The van der Waals surface area contributed by atoms with Crippen LogP contribution in [0.15, 0.2) is 66.7 Å². The Morgan fingerprint density at radius 2 is 1.10 bits per heavy atom. The van der Waals surface area contributed by atoms with E-state index in [0.29, 0.717) is 15.7 Å². The van der Waals surface area contributed by atoms with Crippen LogP contribution in [0, 0.1) is 11.8 Å². The molecule has 2 atom stereocenters. The molecule has 2 amide bonds. The van der Waals surface area contributed by atoms with Gasteiger partial charge in [0.05, 0.1) is 22.5 Å². The maximum absolute atomic E-state index is 13.6. The number of hydrogen-bond donors (Lipinski definition) is 0. The van der Waals surface area contributed by atoms with Gasteiger partial charge in [0.15, 0.2) is 0 Å². The first-order chi connectivity index (χ1) is 14.1. The van der Waals surface area contributed by atoms with E-state index in [1.165, 1.54) is 4.90 Å². The van der Waals surface area contributed by atoms with E-state index in [-0.39, 0.29) is 23.7 Å². The Labute approximate surface area is 177 Å². The highest BCUT2D eigenvalue weighted by atomic mass is 35.5. The number of amides is 2. The van der Waals surface area contributed by atoms with Crippen LogP contribution in [0.3, 0.4) is 0 Å². The zero-order valence-corrected chi connectivity index (χ0v) is 16.7. The van der Waals surface area contributed by atoms with Gasteiger partial charge >= 0.3 is 0 Å². The topological polar surface area (TPSA) is 37.4 Å². The lowest BCUT2D eigenvalue weighted by Gasteiger charge is -2.45. The van der Waals surface area contributed by atoms with Crippen molar-refractivity contribution < 1.29 is 9.59 Å². The maximum atomic E-state index is 13.6. The Balaban J connectivity index is 1.58. The molecule has 3 nitrogen and oxygen atoms in total. The minimum Gasteiger partial charge on any atom is -0.274 e. The van der Waals surface area contributed by atoms with Crippen molar-refractivity contribution in [2.24, 2.45) is 11.8 Å². The van der Waals surface area contributed by atoms with Gasteiger partial charge in [-0.1, -0.05) is 71.7 Å². The summed E-state index contributed by atoms with van der Waals surface area (Å²) in [5, 5.41) is 0.784. The molecule has 0 N–H and O–H groups in total. The smallest absolute Gasteiger partial charge is 0.238 e. The zero-order valence-electron chi connectivity index (χ0n) is 15.2. The molecule has 3 aliphatic carbocycles. The summed E-state index contributed by atoms with van der Waals surface area (Å²) in [5.41, 5.74) is 4.97. The van der Waals surface area contributed by atoms with E-state index >= 15 is 0 Å². The van der Waals surface area contributed by atoms with Gasteiger partial charge in [-0.05, 0) is 40.5 Å². The van der Waals surface area contributed by atoms with Crippen LogP contribution < -0.4 is 4.90 Å². The van der Waals surface area contributed by atoms with Crippen LogP contribution in [-0.2, 0) is 9.59 Å². The number of anilines is 1. The van der Waals surface area contributed by atoms with Crippen molar-refractivity contribution in [3.63, 3.8) is 0 Å². The summed E-state index contributed by atoms with van der Waals surface area (Å²) in [6.07, 6.45) is 0. The van der Waals surface area contributed by atoms with Gasteiger partial charge in [-0.2, -0.15) is 0 Å². The summed E-state index contributed by atoms with van der Waals surface area (Å²) >= 11 is 12.5. The molecular formula is C24H15Cl2NO2. The first-order valence-electron chi connectivity index (χ1n) is 9.58. The number of hydrogen-bond acceptors (Lipinski definition) is 2. The molecule has 29 heavy (non-hydrogen) atoms. The Hall–Kier alpha value is -2.62. The molecule has 5 heteroatoms. The monoisotopic (exact) mass is 419 g/mol. The first-order valence-corrected chi connectivity index (χ1v) is 10.3. The SMILES string of the molecule is O=C1[C@@H]2C3c4ccccc4C(c4ccccc43)[C@H]2C(=O)N1c1cc(Cl)ccc1Cl. The molecule has 7 rings (SSSR count). The largest absolute Gasteiger partial charge is 0.274 e. The molecule has 3 aromatic rings. The van der Waals surface area contributed by atoms with Crippen LogP contribution >= 0.6 is 23.2 Å². The standard InChI is InChI=1S/C24H15Cl2NO2/c25-12-9-10-17(26)18(11-12)27-23(28)21-19-13-5-1-2-6-14(13)20(22(21)24(27)29)16-8-4-3-7-15(16)19/h1-11,19-22H/t19?,20?,21-,22-/m1/s1. The fourth-order valence-electron chi connectivity index (χ4n) is 5.57. The Kier molecular flexibility index (Phi) is 3.54. The van der Waals surface area contributed by atoms with E-state index in [0.717, 1.165) is 22.3 Å². The quantitative estimate of drug-likeness (QED) is 0.495. The molecule has 0 spiro atoms. The third-order valence-corrected chi connectivity index (χ3v) is 7.15. The van der Waals surface area contributed by atoms with Gasteiger partial charge in [-0.3, -0.25) is 9.59 Å². The second kappa shape index (κ2) is 5.94. The van der Waals surface area contributed by atoms with Gasteiger partial charge < -0.3 is 0 Å². The number of rotatable bonds is 1. The summed E-state index contributed by atoms with van der Waals surface area (Å²) < 4.78 is 0. The van der Waals surface area contributed by atoms with Gasteiger partial charge in [-0.15, -0.1) is 0 Å².